The molecule has 14 heavy (non-hydrogen) atoms. The molecule has 0 fully saturated rings. The molecule has 0 bridgehead atoms. The van der Waals surface area contributed by atoms with Gasteiger partial charge >= 0.3 is 0 Å². The Balaban J connectivity index is 2.76. The van der Waals surface area contributed by atoms with Crippen LogP contribution in [0.15, 0.2) is 18.2 Å². The van der Waals surface area contributed by atoms with Gasteiger partial charge in [0, 0.05) is 5.39 Å². The Kier molecular flexibility index (Phi) is 2.31. The SMILES string of the molecule is NCc1nc(Cl)c2cc(F)ccc2n1. The predicted molar refractivity (Wildman–Crippen MR) is 52.4 cm³/mol. The van der Waals surface area contributed by atoms with Crippen molar-refractivity contribution in [3.63, 3.8) is 0 Å². The summed E-state index contributed by atoms with van der Waals surface area (Å²) in [7, 11) is 0. The number of rotatable bonds is 1. The summed E-state index contributed by atoms with van der Waals surface area (Å²) in [5, 5.41) is 0.735. The lowest BCUT2D eigenvalue weighted by molar-refractivity contribution is 0.629. The largest absolute Gasteiger partial charge is 0.324 e. The molecule has 0 spiro atoms. The van der Waals surface area contributed by atoms with Gasteiger partial charge in [-0.25, -0.2) is 14.4 Å². The summed E-state index contributed by atoms with van der Waals surface area (Å²) in [5.74, 6) is 0.0950. The monoisotopic (exact) mass is 211 g/mol. The summed E-state index contributed by atoms with van der Waals surface area (Å²) in [6.07, 6.45) is 0. The molecule has 1 aromatic heterocycles. The minimum atomic E-state index is -0.358. The lowest BCUT2D eigenvalue weighted by Gasteiger charge is -2.02. The van der Waals surface area contributed by atoms with E-state index in [2.05, 4.69) is 9.97 Å². The third-order valence-electron chi connectivity index (χ3n) is 1.84. The van der Waals surface area contributed by atoms with Gasteiger partial charge in [0.25, 0.3) is 0 Å². The zero-order chi connectivity index (χ0) is 10.1. The van der Waals surface area contributed by atoms with Crippen LogP contribution in [0.4, 0.5) is 4.39 Å². The normalized spacial score (nSPS) is 10.8. The number of fused-ring (bicyclic) bond motifs is 1. The van der Waals surface area contributed by atoms with Crippen molar-refractivity contribution < 1.29 is 4.39 Å². The molecule has 0 aliphatic carbocycles. The molecule has 3 nitrogen and oxygen atoms in total. The molecule has 72 valence electrons. The van der Waals surface area contributed by atoms with E-state index in [1.165, 1.54) is 12.1 Å². The summed E-state index contributed by atoms with van der Waals surface area (Å²) in [5.41, 5.74) is 5.99. The van der Waals surface area contributed by atoms with E-state index in [0.29, 0.717) is 16.7 Å². The van der Waals surface area contributed by atoms with Crippen LogP contribution >= 0.6 is 11.6 Å². The molecule has 2 rings (SSSR count). The highest BCUT2D eigenvalue weighted by Gasteiger charge is 2.05. The first-order valence-corrected chi connectivity index (χ1v) is 4.40. The zero-order valence-electron chi connectivity index (χ0n) is 7.17. The maximum atomic E-state index is 12.9. The van der Waals surface area contributed by atoms with Crippen molar-refractivity contribution in [2.75, 3.05) is 0 Å². The summed E-state index contributed by atoms with van der Waals surface area (Å²) in [4.78, 5) is 8.03. The first-order chi connectivity index (χ1) is 6.70. The Bertz CT molecular complexity index is 487. The average Bonchev–Trinajstić information content (AvgIpc) is 2.19. The second-order valence-corrected chi connectivity index (χ2v) is 3.15. The van der Waals surface area contributed by atoms with Gasteiger partial charge in [0.15, 0.2) is 0 Å². The van der Waals surface area contributed by atoms with Crippen LogP contribution in [0, 0.1) is 5.82 Å². The molecule has 1 aromatic carbocycles. The van der Waals surface area contributed by atoms with Crippen LogP contribution in [0.25, 0.3) is 10.9 Å². The summed E-state index contributed by atoms with van der Waals surface area (Å²) in [6.45, 7) is 0.215. The van der Waals surface area contributed by atoms with Gasteiger partial charge in [-0.15, -0.1) is 0 Å². The van der Waals surface area contributed by atoms with E-state index in [-0.39, 0.29) is 17.5 Å². The minimum Gasteiger partial charge on any atom is -0.324 e. The Morgan fingerprint density at radius 3 is 2.86 bits per heavy atom. The zero-order valence-corrected chi connectivity index (χ0v) is 7.92. The molecule has 0 aliphatic rings. The highest BCUT2D eigenvalue weighted by atomic mass is 35.5. The van der Waals surface area contributed by atoms with E-state index in [0.717, 1.165) is 0 Å². The van der Waals surface area contributed by atoms with Crippen molar-refractivity contribution >= 4 is 22.5 Å². The third-order valence-corrected chi connectivity index (χ3v) is 2.13. The molecule has 5 heteroatoms. The van der Waals surface area contributed by atoms with E-state index >= 15 is 0 Å². The molecular formula is C9H7ClFN3. The Labute approximate surface area is 84.7 Å². The van der Waals surface area contributed by atoms with Gasteiger partial charge in [-0.2, -0.15) is 0 Å². The first-order valence-electron chi connectivity index (χ1n) is 4.02. The van der Waals surface area contributed by atoms with Crippen molar-refractivity contribution in [3.8, 4) is 0 Å². The molecule has 2 aromatic rings. The van der Waals surface area contributed by atoms with Gasteiger partial charge in [-0.1, -0.05) is 11.6 Å². The highest BCUT2D eigenvalue weighted by Crippen LogP contribution is 2.20. The summed E-state index contributed by atoms with van der Waals surface area (Å²) < 4.78 is 12.9. The van der Waals surface area contributed by atoms with Crippen LogP contribution in [0.3, 0.4) is 0 Å². The van der Waals surface area contributed by atoms with Crippen LogP contribution in [0.2, 0.25) is 5.15 Å². The van der Waals surface area contributed by atoms with E-state index in [9.17, 15) is 4.39 Å². The van der Waals surface area contributed by atoms with Crippen molar-refractivity contribution in [1.82, 2.24) is 9.97 Å². The third kappa shape index (κ3) is 1.54. The minimum absolute atomic E-state index is 0.215. The van der Waals surface area contributed by atoms with Gasteiger partial charge in [0.1, 0.15) is 16.8 Å². The van der Waals surface area contributed by atoms with Crippen molar-refractivity contribution in [3.05, 3.63) is 35.0 Å². The number of nitrogens with zero attached hydrogens (tertiary/aromatic N) is 2. The van der Waals surface area contributed by atoms with Gasteiger partial charge < -0.3 is 5.73 Å². The molecule has 0 unspecified atom stereocenters. The van der Waals surface area contributed by atoms with Crippen LogP contribution in [-0.2, 0) is 6.54 Å². The van der Waals surface area contributed by atoms with E-state index in [1.54, 1.807) is 6.07 Å². The van der Waals surface area contributed by atoms with E-state index in [1.807, 2.05) is 0 Å². The fraction of sp³-hybridized carbons (Fsp3) is 0.111. The molecule has 0 atom stereocenters. The fourth-order valence-electron chi connectivity index (χ4n) is 1.20. The fourth-order valence-corrected chi connectivity index (χ4v) is 1.45. The quantitative estimate of drug-likeness (QED) is 0.733. The smallest absolute Gasteiger partial charge is 0.144 e. The van der Waals surface area contributed by atoms with Gasteiger partial charge in [0.05, 0.1) is 12.1 Å². The average molecular weight is 212 g/mol. The van der Waals surface area contributed by atoms with E-state index in [4.69, 9.17) is 17.3 Å². The number of halogens is 2. The number of aromatic nitrogens is 2. The van der Waals surface area contributed by atoms with E-state index < -0.39 is 0 Å². The van der Waals surface area contributed by atoms with Crippen molar-refractivity contribution in [2.45, 2.75) is 6.54 Å². The number of hydrogen-bond donors (Lipinski definition) is 1. The number of nitrogens with two attached hydrogens (primary N) is 1. The number of benzene rings is 1. The second kappa shape index (κ2) is 3.48. The van der Waals surface area contributed by atoms with Crippen molar-refractivity contribution in [2.24, 2.45) is 5.73 Å². The second-order valence-electron chi connectivity index (χ2n) is 2.80. The molecule has 0 aliphatic heterocycles. The topological polar surface area (TPSA) is 51.8 Å². The standard InChI is InChI=1S/C9H7ClFN3/c10-9-6-3-5(11)1-2-7(6)13-8(4-12)14-9/h1-3H,4,12H2. The summed E-state index contributed by atoms with van der Waals surface area (Å²) in [6, 6.07) is 4.18. The Hall–Kier alpha value is -1.26. The molecule has 2 N–H and O–H groups in total. The predicted octanol–water partition coefficient (Wildman–Crippen LogP) is 1.88. The van der Waals surface area contributed by atoms with Gasteiger partial charge in [-0.05, 0) is 18.2 Å². The van der Waals surface area contributed by atoms with Gasteiger partial charge in [-0.3, -0.25) is 0 Å². The summed E-state index contributed by atoms with van der Waals surface area (Å²) >= 11 is 5.84. The first kappa shape index (κ1) is 9.30. The molecular weight excluding hydrogens is 205 g/mol. The maximum Gasteiger partial charge on any atom is 0.144 e. The van der Waals surface area contributed by atoms with Gasteiger partial charge in [0.2, 0.25) is 0 Å². The van der Waals surface area contributed by atoms with Crippen LogP contribution in [0.1, 0.15) is 5.82 Å². The molecule has 1 heterocycles. The molecule has 0 radical (unpaired) electrons. The molecule has 0 saturated carbocycles. The van der Waals surface area contributed by atoms with Crippen LogP contribution in [-0.4, -0.2) is 9.97 Å². The Morgan fingerprint density at radius 2 is 2.14 bits per heavy atom. The highest BCUT2D eigenvalue weighted by molar-refractivity contribution is 6.34. The van der Waals surface area contributed by atoms with Crippen LogP contribution in [0.5, 0.6) is 0 Å². The van der Waals surface area contributed by atoms with Crippen molar-refractivity contribution in [1.29, 1.82) is 0 Å². The molecule has 0 saturated heterocycles. The maximum absolute atomic E-state index is 12.9. The Morgan fingerprint density at radius 1 is 1.36 bits per heavy atom. The van der Waals surface area contributed by atoms with Crippen LogP contribution < -0.4 is 5.73 Å². The number of hydrogen-bond acceptors (Lipinski definition) is 3. The lowest BCUT2D eigenvalue weighted by Crippen LogP contribution is -2.03. The lowest BCUT2D eigenvalue weighted by atomic mass is 10.2. The molecule has 0 amide bonds.